The third-order valence-electron chi connectivity index (χ3n) is 3.60. The molecule has 0 atom stereocenters. The molecule has 2 aromatic carbocycles. The van der Waals surface area contributed by atoms with Crippen molar-refractivity contribution in [1.82, 2.24) is 10.2 Å². The Labute approximate surface area is 161 Å². The predicted molar refractivity (Wildman–Crippen MR) is 104 cm³/mol. The van der Waals surface area contributed by atoms with Gasteiger partial charge in [-0.3, -0.25) is 4.79 Å². The summed E-state index contributed by atoms with van der Waals surface area (Å²) in [6, 6.07) is 14.8. The first kappa shape index (κ1) is 19.0. The third kappa shape index (κ3) is 5.34. The van der Waals surface area contributed by atoms with Crippen molar-refractivity contribution in [3.63, 3.8) is 0 Å². The maximum atomic E-state index is 10.9. The van der Waals surface area contributed by atoms with E-state index in [9.17, 15) is 4.79 Å². The summed E-state index contributed by atoms with van der Waals surface area (Å²) in [6.07, 6.45) is 1.59. The van der Waals surface area contributed by atoms with Gasteiger partial charge in [0.2, 0.25) is 5.89 Å². The summed E-state index contributed by atoms with van der Waals surface area (Å²) in [5.41, 5.74) is 1.47. The molecule has 0 N–H and O–H groups in total. The Morgan fingerprint density at radius 2 is 1.93 bits per heavy atom. The van der Waals surface area contributed by atoms with Crippen molar-refractivity contribution in [2.45, 2.75) is 18.6 Å². The van der Waals surface area contributed by atoms with Gasteiger partial charge >= 0.3 is 0 Å². The van der Waals surface area contributed by atoms with Gasteiger partial charge in [-0.15, -0.1) is 10.2 Å². The van der Waals surface area contributed by atoms with E-state index < -0.39 is 0 Å². The summed E-state index contributed by atoms with van der Waals surface area (Å²) in [6.45, 7) is 2.92. The molecule has 0 saturated heterocycles. The minimum atomic E-state index is 0.509. The Hall–Kier alpha value is -2.80. The number of thioether (sulfide) groups is 1. The summed E-state index contributed by atoms with van der Waals surface area (Å²) in [5.74, 6) is 2.52. The van der Waals surface area contributed by atoms with E-state index in [1.807, 2.05) is 37.3 Å². The van der Waals surface area contributed by atoms with Crippen molar-refractivity contribution < 1.29 is 18.7 Å². The van der Waals surface area contributed by atoms with Gasteiger partial charge in [-0.05, 0) is 43.7 Å². The Bertz CT molecular complexity index is 867. The van der Waals surface area contributed by atoms with E-state index in [0.29, 0.717) is 41.4 Å². The highest BCUT2D eigenvalue weighted by atomic mass is 32.2. The summed E-state index contributed by atoms with van der Waals surface area (Å²) in [4.78, 5) is 10.9. The fourth-order valence-electron chi connectivity index (χ4n) is 2.35. The maximum absolute atomic E-state index is 10.9. The van der Waals surface area contributed by atoms with E-state index >= 15 is 0 Å². The lowest BCUT2D eigenvalue weighted by atomic mass is 10.2. The van der Waals surface area contributed by atoms with Crippen molar-refractivity contribution in [3.8, 4) is 23.0 Å². The largest absolute Gasteiger partial charge is 0.490 e. The van der Waals surface area contributed by atoms with Crippen LogP contribution < -0.4 is 9.47 Å². The molecule has 0 unspecified atom stereocenters. The van der Waals surface area contributed by atoms with Crippen molar-refractivity contribution >= 4 is 18.0 Å². The van der Waals surface area contributed by atoms with Crippen LogP contribution in [-0.2, 0) is 0 Å². The van der Waals surface area contributed by atoms with Gasteiger partial charge in [0.25, 0.3) is 5.22 Å². The van der Waals surface area contributed by atoms with E-state index in [0.717, 1.165) is 24.0 Å². The highest BCUT2D eigenvalue weighted by molar-refractivity contribution is 7.99. The number of aldehydes is 1. The normalized spacial score (nSPS) is 10.6. The van der Waals surface area contributed by atoms with Gasteiger partial charge in [-0.1, -0.05) is 30.0 Å². The minimum absolute atomic E-state index is 0.509. The Balaban J connectivity index is 1.46. The van der Waals surface area contributed by atoms with Crippen LogP contribution in [0.5, 0.6) is 11.5 Å². The van der Waals surface area contributed by atoms with Crippen LogP contribution in [0.4, 0.5) is 0 Å². The molecule has 1 heterocycles. The third-order valence-corrected chi connectivity index (χ3v) is 4.51. The van der Waals surface area contributed by atoms with Crippen LogP contribution in [0.1, 0.15) is 23.7 Å². The lowest BCUT2D eigenvalue weighted by Crippen LogP contribution is -2.02. The van der Waals surface area contributed by atoms with Crippen molar-refractivity contribution in [2.24, 2.45) is 0 Å². The van der Waals surface area contributed by atoms with Crippen molar-refractivity contribution in [1.29, 1.82) is 0 Å². The second kappa shape index (κ2) is 9.78. The Morgan fingerprint density at radius 1 is 1.07 bits per heavy atom. The monoisotopic (exact) mass is 384 g/mol. The van der Waals surface area contributed by atoms with Crippen LogP contribution in [0.15, 0.2) is 58.2 Å². The van der Waals surface area contributed by atoms with Gasteiger partial charge in [-0.2, -0.15) is 0 Å². The van der Waals surface area contributed by atoms with Crippen LogP contribution in [-0.4, -0.2) is 35.5 Å². The molecule has 0 saturated carbocycles. The molecule has 0 spiro atoms. The molecule has 0 fully saturated rings. The Morgan fingerprint density at radius 3 is 2.70 bits per heavy atom. The second-order valence-electron chi connectivity index (χ2n) is 5.55. The van der Waals surface area contributed by atoms with Crippen LogP contribution in [0.3, 0.4) is 0 Å². The number of hydrogen-bond donors (Lipinski definition) is 0. The number of aromatic nitrogens is 2. The molecular weight excluding hydrogens is 364 g/mol. The molecule has 3 aromatic rings. The van der Waals surface area contributed by atoms with Crippen LogP contribution >= 0.6 is 11.8 Å². The topological polar surface area (TPSA) is 74.5 Å². The van der Waals surface area contributed by atoms with Gasteiger partial charge in [0.15, 0.2) is 11.5 Å². The van der Waals surface area contributed by atoms with E-state index in [1.165, 1.54) is 11.8 Å². The maximum Gasteiger partial charge on any atom is 0.276 e. The zero-order chi connectivity index (χ0) is 18.9. The van der Waals surface area contributed by atoms with Gasteiger partial charge < -0.3 is 13.9 Å². The number of carbonyl (C=O) groups excluding carboxylic acids is 1. The first-order chi connectivity index (χ1) is 13.3. The number of rotatable bonds is 10. The zero-order valence-electron chi connectivity index (χ0n) is 15.0. The van der Waals surface area contributed by atoms with Gasteiger partial charge in [-0.25, -0.2) is 0 Å². The average Bonchev–Trinajstić information content (AvgIpc) is 3.18. The minimum Gasteiger partial charge on any atom is -0.490 e. The van der Waals surface area contributed by atoms with E-state index in [2.05, 4.69) is 10.2 Å². The summed E-state index contributed by atoms with van der Waals surface area (Å²) >= 11 is 1.49. The number of benzene rings is 2. The standard InChI is InChI=1S/C20H20N2O4S/c1-2-24-18-13-15(14-23)9-10-17(18)25-11-6-12-27-20-22-21-19(26-20)16-7-4-3-5-8-16/h3-5,7-10,13-14H,2,6,11-12H2,1H3. The fraction of sp³-hybridized carbons (Fsp3) is 0.250. The predicted octanol–water partition coefficient (Wildman–Crippen LogP) is 4.51. The number of ether oxygens (including phenoxy) is 2. The Kier molecular flexibility index (Phi) is 6.87. The van der Waals surface area contributed by atoms with Crippen LogP contribution in [0, 0.1) is 0 Å². The average molecular weight is 384 g/mol. The molecule has 7 heteroatoms. The molecule has 27 heavy (non-hydrogen) atoms. The van der Waals surface area contributed by atoms with Gasteiger partial charge in [0.1, 0.15) is 6.29 Å². The number of nitrogens with zero attached hydrogens (tertiary/aromatic N) is 2. The van der Waals surface area contributed by atoms with E-state index in [-0.39, 0.29) is 0 Å². The summed E-state index contributed by atoms with van der Waals surface area (Å²) in [7, 11) is 0. The molecule has 3 rings (SSSR count). The molecule has 6 nitrogen and oxygen atoms in total. The van der Waals surface area contributed by atoms with Crippen LogP contribution in [0.2, 0.25) is 0 Å². The van der Waals surface area contributed by atoms with Gasteiger partial charge in [0, 0.05) is 16.9 Å². The first-order valence-electron chi connectivity index (χ1n) is 8.66. The lowest BCUT2D eigenvalue weighted by Gasteiger charge is -2.12. The molecule has 0 bridgehead atoms. The zero-order valence-corrected chi connectivity index (χ0v) is 15.8. The molecule has 1 aromatic heterocycles. The van der Waals surface area contributed by atoms with E-state index in [1.54, 1.807) is 18.2 Å². The summed E-state index contributed by atoms with van der Waals surface area (Å²) < 4.78 is 17.0. The van der Waals surface area contributed by atoms with Crippen LogP contribution in [0.25, 0.3) is 11.5 Å². The fourth-order valence-corrected chi connectivity index (χ4v) is 3.02. The summed E-state index contributed by atoms with van der Waals surface area (Å²) in [5, 5.41) is 8.67. The number of carbonyl (C=O) groups is 1. The molecule has 0 radical (unpaired) electrons. The van der Waals surface area contributed by atoms with Crippen molar-refractivity contribution in [3.05, 3.63) is 54.1 Å². The molecule has 0 amide bonds. The SMILES string of the molecule is CCOc1cc(C=O)ccc1OCCCSc1nnc(-c2ccccc2)o1. The smallest absolute Gasteiger partial charge is 0.276 e. The first-order valence-corrected chi connectivity index (χ1v) is 9.65. The lowest BCUT2D eigenvalue weighted by molar-refractivity contribution is 0.112. The molecule has 0 aliphatic heterocycles. The molecule has 140 valence electrons. The van der Waals surface area contributed by atoms with Gasteiger partial charge in [0.05, 0.1) is 13.2 Å². The highest BCUT2D eigenvalue weighted by Crippen LogP contribution is 2.28. The quantitative estimate of drug-likeness (QED) is 0.289. The highest BCUT2D eigenvalue weighted by Gasteiger charge is 2.09. The van der Waals surface area contributed by atoms with E-state index in [4.69, 9.17) is 13.9 Å². The van der Waals surface area contributed by atoms with Crippen molar-refractivity contribution in [2.75, 3.05) is 19.0 Å². The second-order valence-corrected chi connectivity index (χ2v) is 6.59. The number of hydrogen-bond acceptors (Lipinski definition) is 7. The molecule has 0 aliphatic carbocycles. The molecular formula is C20H20N2O4S. The molecule has 0 aliphatic rings.